The quantitative estimate of drug-likeness (QED) is 0.746. The van der Waals surface area contributed by atoms with Crippen LogP contribution in [-0.2, 0) is 0 Å². The lowest BCUT2D eigenvalue weighted by atomic mass is 9.97. The molecule has 2 rings (SSSR count). The Balaban J connectivity index is 2.48. The van der Waals surface area contributed by atoms with Gasteiger partial charge in [-0.15, -0.1) is 11.8 Å². The fourth-order valence-electron chi connectivity index (χ4n) is 2.74. The Hall–Kier alpha value is -2.14. The Kier molecular flexibility index (Phi) is 6.37. The molecule has 0 aliphatic rings. The van der Waals surface area contributed by atoms with Crippen LogP contribution in [0.1, 0.15) is 25.0 Å². The van der Waals surface area contributed by atoms with Gasteiger partial charge in [0.25, 0.3) is 0 Å². The highest BCUT2D eigenvalue weighted by Gasteiger charge is 2.15. The second-order valence-corrected chi connectivity index (χ2v) is 7.06. The summed E-state index contributed by atoms with van der Waals surface area (Å²) >= 11 is 1.54. The Morgan fingerprint density at radius 3 is 2.44 bits per heavy atom. The Labute approximate surface area is 153 Å². The molecule has 5 heteroatoms. The predicted molar refractivity (Wildman–Crippen MR) is 104 cm³/mol. The lowest BCUT2D eigenvalue weighted by Gasteiger charge is -2.16. The maximum atomic E-state index is 12.0. The van der Waals surface area contributed by atoms with Crippen LogP contribution in [0.3, 0.4) is 0 Å². The molecule has 2 aromatic rings. The monoisotopic (exact) mass is 359 g/mol. The molecule has 134 valence electrons. The molecule has 0 bridgehead atoms. The van der Waals surface area contributed by atoms with Crippen LogP contribution in [0.4, 0.5) is 4.79 Å². The van der Waals surface area contributed by atoms with E-state index in [1.54, 1.807) is 18.9 Å². The summed E-state index contributed by atoms with van der Waals surface area (Å²) < 4.78 is 11.1. The minimum Gasteiger partial charge on any atom is -0.496 e. The summed E-state index contributed by atoms with van der Waals surface area (Å²) in [6.07, 6.45) is 1.51. The van der Waals surface area contributed by atoms with Crippen LogP contribution in [0.25, 0.3) is 11.1 Å². The number of ether oxygens (including phenoxy) is 2. The number of rotatable bonds is 5. The van der Waals surface area contributed by atoms with E-state index >= 15 is 0 Å². The number of amides is 1. The number of methoxy groups -OCH3 is 1. The molecule has 0 saturated carbocycles. The molecule has 2 aromatic carbocycles. The summed E-state index contributed by atoms with van der Waals surface area (Å²) in [7, 11) is 1.67. The number of benzene rings is 2. The van der Waals surface area contributed by atoms with E-state index in [1.165, 1.54) is 0 Å². The van der Waals surface area contributed by atoms with Gasteiger partial charge in [-0.1, -0.05) is 12.1 Å². The largest absolute Gasteiger partial charge is 0.496 e. The molecule has 1 amide bonds. The third kappa shape index (κ3) is 4.69. The zero-order valence-electron chi connectivity index (χ0n) is 15.6. The zero-order chi connectivity index (χ0) is 18.6. The van der Waals surface area contributed by atoms with Crippen molar-refractivity contribution in [3.8, 4) is 22.6 Å². The van der Waals surface area contributed by atoms with Gasteiger partial charge in [0, 0.05) is 16.5 Å². The summed E-state index contributed by atoms with van der Waals surface area (Å²) in [6.45, 7) is 7.89. The third-order valence-corrected chi connectivity index (χ3v) is 4.50. The molecule has 25 heavy (non-hydrogen) atoms. The normalized spacial score (nSPS) is 10.7. The molecule has 0 fully saturated rings. The summed E-state index contributed by atoms with van der Waals surface area (Å²) in [4.78, 5) is 12.9. The van der Waals surface area contributed by atoms with E-state index in [2.05, 4.69) is 18.3 Å². The van der Waals surface area contributed by atoms with E-state index in [4.69, 9.17) is 9.47 Å². The molecule has 0 aromatic heterocycles. The number of hydrogen-bond donors (Lipinski definition) is 1. The minimum absolute atomic E-state index is 0.0212. The van der Waals surface area contributed by atoms with E-state index in [1.807, 2.05) is 51.3 Å². The van der Waals surface area contributed by atoms with Crippen LogP contribution in [0.15, 0.2) is 35.2 Å². The Morgan fingerprint density at radius 1 is 1.12 bits per heavy atom. The highest BCUT2D eigenvalue weighted by Crippen LogP contribution is 2.38. The number of nitrogens with one attached hydrogen (secondary N) is 1. The van der Waals surface area contributed by atoms with Crippen molar-refractivity contribution in [1.29, 1.82) is 0 Å². The van der Waals surface area contributed by atoms with Gasteiger partial charge in [0.1, 0.15) is 11.5 Å². The fourth-order valence-corrected chi connectivity index (χ4v) is 3.24. The lowest BCUT2D eigenvalue weighted by Crippen LogP contribution is -2.32. The second kappa shape index (κ2) is 8.30. The molecule has 0 aliphatic carbocycles. The van der Waals surface area contributed by atoms with E-state index < -0.39 is 6.09 Å². The van der Waals surface area contributed by atoms with Crippen LogP contribution in [0, 0.1) is 13.8 Å². The van der Waals surface area contributed by atoms with Crippen molar-refractivity contribution in [2.45, 2.75) is 38.6 Å². The van der Waals surface area contributed by atoms with Gasteiger partial charge < -0.3 is 14.8 Å². The van der Waals surface area contributed by atoms with Gasteiger partial charge in [-0.05, 0) is 68.8 Å². The SMILES string of the molecule is COc1cc(C)cc(C)c1-c1ccc(SC)c(OC(=O)NC(C)C)c1. The van der Waals surface area contributed by atoms with Crippen LogP contribution in [0.2, 0.25) is 0 Å². The number of carbonyl (C=O) groups excluding carboxylic acids is 1. The maximum absolute atomic E-state index is 12.0. The molecule has 4 nitrogen and oxygen atoms in total. The van der Waals surface area contributed by atoms with Crippen molar-refractivity contribution in [1.82, 2.24) is 5.32 Å². The summed E-state index contributed by atoms with van der Waals surface area (Å²) in [5.41, 5.74) is 4.23. The van der Waals surface area contributed by atoms with Crippen LogP contribution in [0.5, 0.6) is 11.5 Å². The fraction of sp³-hybridized carbons (Fsp3) is 0.350. The molecular weight excluding hydrogens is 334 g/mol. The summed E-state index contributed by atoms with van der Waals surface area (Å²) in [5, 5.41) is 2.75. The highest BCUT2D eigenvalue weighted by atomic mass is 32.2. The molecule has 0 atom stereocenters. The number of aryl methyl sites for hydroxylation is 2. The number of hydrogen-bond acceptors (Lipinski definition) is 4. The van der Waals surface area contributed by atoms with Gasteiger partial charge in [-0.3, -0.25) is 0 Å². The van der Waals surface area contributed by atoms with E-state index in [0.717, 1.165) is 32.9 Å². The van der Waals surface area contributed by atoms with E-state index in [-0.39, 0.29) is 6.04 Å². The topological polar surface area (TPSA) is 47.6 Å². The third-order valence-electron chi connectivity index (χ3n) is 3.73. The van der Waals surface area contributed by atoms with Crippen LogP contribution in [-0.4, -0.2) is 25.5 Å². The second-order valence-electron chi connectivity index (χ2n) is 6.21. The van der Waals surface area contributed by atoms with Gasteiger partial charge >= 0.3 is 6.09 Å². The first-order valence-electron chi connectivity index (χ1n) is 8.17. The molecule has 0 radical (unpaired) electrons. The Morgan fingerprint density at radius 2 is 1.84 bits per heavy atom. The molecule has 0 saturated heterocycles. The number of thioether (sulfide) groups is 1. The first kappa shape index (κ1) is 19.2. The average molecular weight is 359 g/mol. The maximum Gasteiger partial charge on any atom is 0.412 e. The van der Waals surface area contributed by atoms with Crippen molar-refractivity contribution in [2.24, 2.45) is 0 Å². The molecular formula is C20H25NO3S. The van der Waals surface area contributed by atoms with Crippen LogP contribution < -0.4 is 14.8 Å². The summed E-state index contributed by atoms with van der Waals surface area (Å²) in [6, 6.07) is 10.0. The molecule has 0 heterocycles. The van der Waals surface area contributed by atoms with Crippen molar-refractivity contribution in [3.05, 3.63) is 41.5 Å². The van der Waals surface area contributed by atoms with Crippen molar-refractivity contribution in [2.75, 3.05) is 13.4 Å². The van der Waals surface area contributed by atoms with E-state index in [9.17, 15) is 4.79 Å². The summed E-state index contributed by atoms with van der Waals surface area (Å²) in [5.74, 6) is 1.36. The van der Waals surface area contributed by atoms with Crippen molar-refractivity contribution >= 4 is 17.9 Å². The molecule has 1 N–H and O–H groups in total. The van der Waals surface area contributed by atoms with Crippen LogP contribution >= 0.6 is 11.8 Å². The smallest absolute Gasteiger partial charge is 0.412 e. The van der Waals surface area contributed by atoms with Gasteiger partial charge in [0.2, 0.25) is 0 Å². The van der Waals surface area contributed by atoms with Crippen molar-refractivity contribution < 1.29 is 14.3 Å². The predicted octanol–water partition coefficient (Wildman–Crippen LogP) is 5.20. The standard InChI is InChI=1S/C20H25NO3S/c1-12(2)21-20(22)24-16-11-15(7-8-18(16)25-6)19-14(4)9-13(3)10-17(19)23-5/h7-12H,1-6H3,(H,21,22). The van der Waals surface area contributed by atoms with Gasteiger partial charge in [0.05, 0.1) is 7.11 Å². The Bertz CT molecular complexity index is 772. The van der Waals surface area contributed by atoms with Gasteiger partial charge in [-0.2, -0.15) is 0 Å². The zero-order valence-corrected chi connectivity index (χ0v) is 16.4. The van der Waals surface area contributed by atoms with Gasteiger partial charge in [0.15, 0.2) is 0 Å². The average Bonchev–Trinajstić information content (AvgIpc) is 2.53. The lowest BCUT2D eigenvalue weighted by molar-refractivity contribution is 0.196. The van der Waals surface area contributed by atoms with Crippen molar-refractivity contribution in [3.63, 3.8) is 0 Å². The number of carbonyl (C=O) groups is 1. The molecule has 0 aliphatic heterocycles. The molecule has 0 spiro atoms. The molecule has 0 unspecified atom stereocenters. The minimum atomic E-state index is -0.449. The van der Waals surface area contributed by atoms with Gasteiger partial charge in [-0.25, -0.2) is 4.79 Å². The van der Waals surface area contributed by atoms with E-state index in [0.29, 0.717) is 5.75 Å². The highest BCUT2D eigenvalue weighted by molar-refractivity contribution is 7.98. The first-order valence-corrected chi connectivity index (χ1v) is 9.40. The first-order chi connectivity index (χ1) is 11.8.